The molecule has 1 atom stereocenters. The molecule has 1 aliphatic carbocycles. The average Bonchev–Trinajstić information content (AvgIpc) is 3.62. The van der Waals surface area contributed by atoms with E-state index in [1.54, 1.807) is 24.3 Å². The first-order chi connectivity index (χ1) is 28.1. The van der Waals surface area contributed by atoms with Gasteiger partial charge in [-0.2, -0.15) is 5.26 Å². The van der Waals surface area contributed by atoms with E-state index in [0.29, 0.717) is 34.7 Å². The zero-order valence-electron chi connectivity index (χ0n) is 33.4. The summed E-state index contributed by atoms with van der Waals surface area (Å²) in [4.78, 5) is 76.2. The van der Waals surface area contributed by atoms with Crippen LogP contribution in [0.25, 0.3) is 0 Å². The quantitative estimate of drug-likeness (QED) is 0.271. The van der Waals surface area contributed by atoms with Gasteiger partial charge >= 0.3 is 0 Å². The van der Waals surface area contributed by atoms with Crippen LogP contribution in [0.1, 0.15) is 101 Å². The van der Waals surface area contributed by atoms with Crippen LogP contribution in [-0.4, -0.2) is 99.6 Å². The Morgan fingerprint density at radius 1 is 0.881 bits per heavy atom. The lowest BCUT2D eigenvalue weighted by atomic mass is 9.49. The van der Waals surface area contributed by atoms with Gasteiger partial charge in [0.1, 0.15) is 29.8 Å². The molecule has 6 aliphatic rings. The van der Waals surface area contributed by atoms with Crippen molar-refractivity contribution in [3.05, 3.63) is 87.1 Å². The fraction of sp³-hybridized carbons (Fsp3) is 0.444. The Hall–Kier alpha value is -5.76. The second-order valence-corrected chi connectivity index (χ2v) is 18.2. The number of carbonyl (C=O) groups is 5. The molecule has 5 aliphatic heterocycles. The molecule has 59 heavy (non-hydrogen) atoms. The van der Waals surface area contributed by atoms with Crippen LogP contribution in [0.15, 0.2) is 48.7 Å². The van der Waals surface area contributed by atoms with Crippen molar-refractivity contribution in [2.24, 2.45) is 16.7 Å². The number of hydrogen-bond donors (Lipinski definition) is 1. The van der Waals surface area contributed by atoms with Gasteiger partial charge in [0, 0.05) is 78.3 Å². The zero-order chi connectivity index (χ0) is 41.5. The molecule has 3 saturated heterocycles. The number of anilines is 1. The first-order valence-electron chi connectivity index (χ1n) is 20.2. The summed E-state index contributed by atoms with van der Waals surface area (Å²) in [5.74, 6) is 6.30. The van der Waals surface area contributed by atoms with E-state index in [0.717, 1.165) is 60.6 Å². The summed E-state index contributed by atoms with van der Waals surface area (Å²) >= 11 is 6.29. The summed E-state index contributed by atoms with van der Waals surface area (Å²) in [5.41, 5.74) is 2.73. The Labute approximate surface area is 347 Å². The first-order valence-corrected chi connectivity index (χ1v) is 20.6. The summed E-state index contributed by atoms with van der Waals surface area (Å²) in [6.45, 7) is 12.4. The number of likely N-dealkylation sites (tertiary alicyclic amines) is 1. The van der Waals surface area contributed by atoms with Gasteiger partial charge in [-0.05, 0) is 74.3 Å². The van der Waals surface area contributed by atoms with Crippen LogP contribution in [0.2, 0.25) is 5.02 Å². The monoisotopic (exact) mass is 813 g/mol. The van der Waals surface area contributed by atoms with Crippen LogP contribution >= 0.6 is 11.6 Å². The van der Waals surface area contributed by atoms with E-state index in [1.807, 2.05) is 17.0 Å². The van der Waals surface area contributed by atoms with E-state index in [1.165, 1.54) is 6.20 Å². The van der Waals surface area contributed by atoms with E-state index in [2.05, 4.69) is 71.8 Å². The van der Waals surface area contributed by atoms with Crippen molar-refractivity contribution >= 4 is 47.0 Å². The number of rotatable bonds is 6. The predicted octanol–water partition coefficient (Wildman–Crippen LogP) is 4.80. The predicted molar refractivity (Wildman–Crippen MR) is 216 cm³/mol. The number of halogens is 1. The number of fused-ring (bicyclic) bond motifs is 2. The van der Waals surface area contributed by atoms with Crippen molar-refractivity contribution in [2.75, 3.05) is 31.1 Å². The number of ether oxygens (including phenoxy) is 1. The molecule has 1 aromatic heterocycles. The molecule has 5 amide bonds. The Morgan fingerprint density at radius 2 is 1.61 bits per heavy atom. The summed E-state index contributed by atoms with van der Waals surface area (Å²) in [5, 5.41) is 11.8. The van der Waals surface area contributed by atoms with Crippen LogP contribution in [0.4, 0.5) is 5.82 Å². The Bertz CT molecular complexity index is 2440. The van der Waals surface area contributed by atoms with Crippen molar-refractivity contribution in [1.29, 1.82) is 5.26 Å². The fourth-order valence-corrected chi connectivity index (χ4v) is 10.8. The number of pyridine rings is 1. The highest BCUT2D eigenvalue weighted by Gasteiger charge is 2.67. The van der Waals surface area contributed by atoms with E-state index in [4.69, 9.17) is 16.3 Å². The third-order valence-electron chi connectivity index (χ3n) is 13.3. The molecule has 1 saturated carbocycles. The molecule has 1 N–H and O–H groups in total. The van der Waals surface area contributed by atoms with Gasteiger partial charge < -0.3 is 14.5 Å². The summed E-state index contributed by atoms with van der Waals surface area (Å²) in [7, 11) is 0. The van der Waals surface area contributed by atoms with Crippen LogP contribution in [0.5, 0.6) is 5.75 Å². The van der Waals surface area contributed by atoms with Gasteiger partial charge in [0.2, 0.25) is 11.8 Å². The van der Waals surface area contributed by atoms with Crippen LogP contribution < -0.4 is 15.0 Å². The summed E-state index contributed by atoms with van der Waals surface area (Å²) < 4.78 is 6.47. The third kappa shape index (κ3) is 6.43. The molecule has 4 fully saturated rings. The van der Waals surface area contributed by atoms with Gasteiger partial charge in [-0.3, -0.25) is 39.1 Å². The Morgan fingerprint density at radius 3 is 2.31 bits per heavy atom. The van der Waals surface area contributed by atoms with Crippen molar-refractivity contribution in [1.82, 2.24) is 25.0 Å². The number of imide groups is 2. The number of carbonyl (C=O) groups excluding carboxylic acids is 5. The number of aromatic nitrogens is 1. The molecule has 0 radical (unpaired) electrons. The van der Waals surface area contributed by atoms with Gasteiger partial charge in [-0.1, -0.05) is 51.1 Å². The van der Waals surface area contributed by atoms with Crippen LogP contribution in [0.3, 0.4) is 0 Å². The summed E-state index contributed by atoms with van der Waals surface area (Å²) in [6, 6.07) is 14.0. The second kappa shape index (κ2) is 14.2. The minimum Gasteiger partial charge on any atom is -0.489 e. The van der Waals surface area contributed by atoms with Gasteiger partial charge in [0.25, 0.3) is 17.7 Å². The molecule has 14 heteroatoms. The maximum atomic E-state index is 13.8. The molecular formula is C45H44ClN7O6. The van der Waals surface area contributed by atoms with Gasteiger partial charge in [-0.15, -0.1) is 0 Å². The third-order valence-corrected chi connectivity index (χ3v) is 13.6. The normalized spacial score (nSPS) is 25.1. The molecule has 2 aromatic carbocycles. The van der Waals surface area contributed by atoms with Crippen LogP contribution in [-0.2, 0) is 16.1 Å². The van der Waals surface area contributed by atoms with Crippen molar-refractivity contribution < 1.29 is 28.7 Å². The smallest absolute Gasteiger partial charge is 0.263 e. The average molecular weight is 814 g/mol. The van der Waals surface area contributed by atoms with E-state index < -0.39 is 29.7 Å². The number of hydrogen-bond acceptors (Lipinski definition) is 10. The van der Waals surface area contributed by atoms with E-state index in [-0.39, 0.29) is 58.8 Å². The van der Waals surface area contributed by atoms with E-state index >= 15 is 0 Å². The number of benzene rings is 2. The SMILES string of the molecule is CC1(C)[C@H](Oc2ccc(C#N)c(Cl)c2)C(C)(C)[C@H]1N1Cc2cc(C#CC3CCN(C4CN(c5cc6c(cn5)C(=O)N(C5CCC(=O)NC5=O)C6=O)C4)CC3)ccc2C1=O. The van der Waals surface area contributed by atoms with Crippen LogP contribution in [0, 0.1) is 39.9 Å². The fourth-order valence-electron chi connectivity index (χ4n) is 10.6. The highest BCUT2D eigenvalue weighted by Crippen LogP contribution is 2.59. The number of amides is 5. The number of nitrogens with one attached hydrogen (secondary N) is 1. The van der Waals surface area contributed by atoms with Gasteiger partial charge in [0.15, 0.2) is 0 Å². The molecule has 0 bridgehead atoms. The molecular weight excluding hydrogens is 770 g/mol. The molecule has 302 valence electrons. The molecule has 1 unspecified atom stereocenters. The minimum atomic E-state index is -1.01. The highest BCUT2D eigenvalue weighted by atomic mass is 35.5. The Kier molecular flexibility index (Phi) is 9.33. The molecule has 9 rings (SSSR count). The molecule has 0 spiro atoms. The van der Waals surface area contributed by atoms with Gasteiger partial charge in [0.05, 0.1) is 21.7 Å². The second-order valence-electron chi connectivity index (χ2n) is 17.8. The van der Waals surface area contributed by atoms with Crippen molar-refractivity contribution in [3.8, 4) is 23.7 Å². The summed E-state index contributed by atoms with van der Waals surface area (Å²) in [6.07, 6.45) is 3.32. The lowest BCUT2D eigenvalue weighted by Gasteiger charge is -2.65. The molecule has 3 aromatic rings. The zero-order valence-corrected chi connectivity index (χ0v) is 34.1. The molecule has 13 nitrogen and oxygen atoms in total. The number of piperidine rings is 2. The maximum Gasteiger partial charge on any atom is 0.263 e. The number of nitriles is 1. The maximum absolute atomic E-state index is 13.8. The standard InChI is InChI=1S/C45H44ClN7O6/c1-44(2)42(45(3,4)43(44)59-30-9-8-27(20-47)34(46)18-30)52-22-28-17-26(7-10-31(28)39(52)56)6-5-25-13-15-50(16-14-25)29-23-51(24-29)36-19-32-33(21-48-36)41(58)53(40(32)57)35-11-12-37(54)49-38(35)55/h7-10,17-19,21,25,29,35,42-43H,11-16,22-24H2,1-4H3,(H,49,54,55)/t35?,42-,43-. The number of nitrogens with zero attached hydrogens (tertiary/aromatic N) is 6. The largest absolute Gasteiger partial charge is 0.489 e. The lowest BCUT2D eigenvalue weighted by Crippen LogP contribution is -2.74. The highest BCUT2D eigenvalue weighted by molar-refractivity contribution is 6.31. The van der Waals surface area contributed by atoms with Gasteiger partial charge in [-0.25, -0.2) is 4.98 Å². The lowest BCUT2D eigenvalue weighted by molar-refractivity contribution is -0.199. The first kappa shape index (κ1) is 38.7. The minimum absolute atomic E-state index is 0.0272. The van der Waals surface area contributed by atoms with Crippen molar-refractivity contribution in [2.45, 2.75) is 84.2 Å². The molecule has 6 heterocycles. The topological polar surface area (TPSA) is 156 Å². The van der Waals surface area contributed by atoms with E-state index in [9.17, 15) is 29.2 Å². The Balaban J connectivity index is 0.777. The van der Waals surface area contributed by atoms with Crippen molar-refractivity contribution in [3.63, 3.8) is 0 Å².